The summed E-state index contributed by atoms with van der Waals surface area (Å²) in [5.41, 5.74) is 1.06. The van der Waals surface area contributed by atoms with Crippen molar-refractivity contribution in [2.45, 2.75) is 52.1 Å². The van der Waals surface area contributed by atoms with Crippen molar-refractivity contribution in [3.05, 3.63) is 29.8 Å². The van der Waals surface area contributed by atoms with Gasteiger partial charge in [0.1, 0.15) is 5.75 Å². The van der Waals surface area contributed by atoms with Crippen LogP contribution in [0.5, 0.6) is 5.75 Å². The number of ether oxygens (including phenoxy) is 1. The molecule has 0 bridgehead atoms. The van der Waals surface area contributed by atoms with Crippen LogP contribution >= 0.6 is 24.0 Å². The van der Waals surface area contributed by atoms with Crippen molar-refractivity contribution < 1.29 is 9.53 Å². The summed E-state index contributed by atoms with van der Waals surface area (Å²) in [5, 5.41) is 6.25. The van der Waals surface area contributed by atoms with E-state index in [1.54, 1.807) is 0 Å². The van der Waals surface area contributed by atoms with Gasteiger partial charge in [-0.3, -0.25) is 4.79 Å². The van der Waals surface area contributed by atoms with Gasteiger partial charge in [-0.1, -0.05) is 25.5 Å². The molecule has 6 nitrogen and oxygen atoms in total. The zero-order chi connectivity index (χ0) is 18.8. The van der Waals surface area contributed by atoms with Crippen molar-refractivity contribution in [1.29, 1.82) is 0 Å². The van der Waals surface area contributed by atoms with Crippen molar-refractivity contribution in [3.8, 4) is 5.75 Å². The van der Waals surface area contributed by atoms with Crippen molar-refractivity contribution in [2.75, 3.05) is 26.7 Å². The molecule has 0 aromatic heterocycles. The number of unbranched alkanes of at least 4 members (excludes halogenated alkanes) is 1. The molecule has 27 heavy (non-hydrogen) atoms. The summed E-state index contributed by atoms with van der Waals surface area (Å²) < 4.78 is 5.61. The highest BCUT2D eigenvalue weighted by Gasteiger charge is 2.23. The maximum Gasteiger partial charge on any atom is 0.258 e. The second-order valence-electron chi connectivity index (χ2n) is 6.72. The molecule has 1 amide bonds. The molecule has 1 fully saturated rings. The molecule has 1 aliphatic carbocycles. The maximum absolute atomic E-state index is 11.7. The van der Waals surface area contributed by atoms with E-state index in [1.165, 1.54) is 0 Å². The first-order chi connectivity index (χ1) is 12.6. The lowest BCUT2D eigenvalue weighted by molar-refractivity contribution is -0.123. The Hall–Kier alpha value is -1.51. The van der Waals surface area contributed by atoms with Crippen molar-refractivity contribution in [3.63, 3.8) is 0 Å². The van der Waals surface area contributed by atoms with E-state index in [-0.39, 0.29) is 36.5 Å². The summed E-state index contributed by atoms with van der Waals surface area (Å²) in [6, 6.07) is 8.14. The monoisotopic (exact) mass is 488 g/mol. The summed E-state index contributed by atoms with van der Waals surface area (Å²) in [6.07, 6.45) is 4.48. The average molecular weight is 488 g/mol. The summed E-state index contributed by atoms with van der Waals surface area (Å²) in [4.78, 5) is 18.6. The van der Waals surface area contributed by atoms with Crippen LogP contribution in [0.1, 0.15) is 45.1 Å². The molecule has 2 N–H and O–H groups in total. The van der Waals surface area contributed by atoms with Crippen LogP contribution in [0.4, 0.5) is 0 Å². The molecule has 152 valence electrons. The molecule has 1 aromatic rings. The normalized spacial score (nSPS) is 13.5. The Balaban J connectivity index is 0.00000364. The van der Waals surface area contributed by atoms with Gasteiger partial charge in [0.25, 0.3) is 5.91 Å². The Morgan fingerprint density at radius 3 is 2.78 bits per heavy atom. The predicted octanol–water partition coefficient (Wildman–Crippen LogP) is 3.16. The Bertz CT molecular complexity index is 605. The average Bonchev–Trinajstić information content (AvgIpc) is 3.45. The summed E-state index contributed by atoms with van der Waals surface area (Å²) in [5.74, 6) is 1.56. The number of rotatable bonds is 10. The van der Waals surface area contributed by atoms with Crippen LogP contribution in [-0.2, 0) is 11.3 Å². The zero-order valence-corrected chi connectivity index (χ0v) is 19.0. The molecule has 0 radical (unpaired) electrons. The summed E-state index contributed by atoms with van der Waals surface area (Å²) in [6.45, 7) is 6.73. The molecule has 1 saturated carbocycles. The number of guanidine groups is 1. The van der Waals surface area contributed by atoms with E-state index < -0.39 is 0 Å². The van der Waals surface area contributed by atoms with Crippen LogP contribution in [0.2, 0.25) is 0 Å². The number of aliphatic imine (C=N–C) groups is 1. The maximum atomic E-state index is 11.7. The minimum absolute atomic E-state index is 0. The SMILES string of the molecule is CCCCN(C)C(=NCc1cccc(OCC(=O)NC2CC2)c1)NCC.I. The van der Waals surface area contributed by atoms with E-state index >= 15 is 0 Å². The highest BCUT2D eigenvalue weighted by Crippen LogP contribution is 2.18. The molecule has 0 aliphatic heterocycles. The van der Waals surface area contributed by atoms with Gasteiger partial charge in [-0.25, -0.2) is 4.99 Å². The Morgan fingerprint density at radius 2 is 2.11 bits per heavy atom. The second kappa shape index (κ2) is 12.8. The lowest BCUT2D eigenvalue weighted by Crippen LogP contribution is -2.39. The number of halogens is 1. The van der Waals surface area contributed by atoms with Crippen LogP contribution in [0.25, 0.3) is 0 Å². The number of hydrogen-bond acceptors (Lipinski definition) is 3. The van der Waals surface area contributed by atoms with Gasteiger partial charge in [0.05, 0.1) is 6.54 Å². The highest BCUT2D eigenvalue weighted by molar-refractivity contribution is 14.0. The van der Waals surface area contributed by atoms with Gasteiger partial charge in [0, 0.05) is 26.2 Å². The van der Waals surface area contributed by atoms with E-state index in [4.69, 9.17) is 9.73 Å². The number of nitrogens with zero attached hydrogens (tertiary/aromatic N) is 2. The van der Waals surface area contributed by atoms with Gasteiger partial charge >= 0.3 is 0 Å². The van der Waals surface area contributed by atoms with Crippen LogP contribution in [-0.4, -0.2) is 49.6 Å². The molecular weight excluding hydrogens is 455 g/mol. The van der Waals surface area contributed by atoms with E-state index in [0.717, 1.165) is 50.3 Å². The third kappa shape index (κ3) is 9.30. The molecule has 0 unspecified atom stereocenters. The Morgan fingerprint density at radius 1 is 1.33 bits per heavy atom. The van der Waals surface area contributed by atoms with Crippen molar-refractivity contribution >= 4 is 35.8 Å². The van der Waals surface area contributed by atoms with Crippen molar-refractivity contribution in [2.24, 2.45) is 4.99 Å². The molecule has 1 aromatic carbocycles. The van der Waals surface area contributed by atoms with Crippen LogP contribution in [0.15, 0.2) is 29.3 Å². The molecule has 1 aliphatic rings. The van der Waals surface area contributed by atoms with Gasteiger partial charge < -0.3 is 20.3 Å². The molecule has 7 heteroatoms. The topological polar surface area (TPSA) is 66.0 Å². The fraction of sp³-hybridized carbons (Fsp3) is 0.600. The first-order valence-corrected chi connectivity index (χ1v) is 9.63. The molecule has 0 spiro atoms. The minimum Gasteiger partial charge on any atom is -0.484 e. The number of hydrogen-bond donors (Lipinski definition) is 2. The van der Waals surface area contributed by atoms with Crippen molar-refractivity contribution in [1.82, 2.24) is 15.5 Å². The van der Waals surface area contributed by atoms with E-state index in [2.05, 4.69) is 36.4 Å². The number of carbonyl (C=O) groups excluding carboxylic acids is 1. The smallest absolute Gasteiger partial charge is 0.258 e. The second-order valence-corrected chi connectivity index (χ2v) is 6.72. The van der Waals surface area contributed by atoms with Crippen LogP contribution in [0.3, 0.4) is 0 Å². The summed E-state index contributed by atoms with van der Waals surface area (Å²) in [7, 11) is 2.06. The van der Waals surface area contributed by atoms with Gasteiger partial charge in [-0.2, -0.15) is 0 Å². The molecule has 0 saturated heterocycles. The number of benzene rings is 1. The van der Waals surface area contributed by atoms with Crippen LogP contribution < -0.4 is 15.4 Å². The zero-order valence-electron chi connectivity index (χ0n) is 16.7. The first kappa shape index (κ1) is 23.5. The standard InChI is InChI=1S/C20H32N4O2.HI/c1-4-6-12-24(3)20(21-5-2)22-14-16-8-7-9-18(13-16)26-15-19(25)23-17-10-11-17;/h7-9,13,17H,4-6,10-12,14-15H2,1-3H3,(H,21,22)(H,23,25);1H. The highest BCUT2D eigenvalue weighted by atomic mass is 127. The third-order valence-corrected chi connectivity index (χ3v) is 4.17. The fourth-order valence-electron chi connectivity index (χ4n) is 2.52. The minimum atomic E-state index is -0.0529. The number of carbonyl (C=O) groups is 1. The van der Waals surface area contributed by atoms with Gasteiger partial charge in [0.15, 0.2) is 12.6 Å². The van der Waals surface area contributed by atoms with E-state index in [0.29, 0.717) is 18.3 Å². The molecular formula is C20H33IN4O2. The van der Waals surface area contributed by atoms with E-state index in [1.807, 2.05) is 24.3 Å². The Kier molecular flexibility index (Phi) is 11.2. The van der Waals surface area contributed by atoms with E-state index in [9.17, 15) is 4.79 Å². The fourth-order valence-corrected chi connectivity index (χ4v) is 2.52. The third-order valence-electron chi connectivity index (χ3n) is 4.17. The largest absolute Gasteiger partial charge is 0.484 e. The van der Waals surface area contributed by atoms with Crippen LogP contribution in [0, 0.1) is 0 Å². The Labute approximate surface area is 180 Å². The lowest BCUT2D eigenvalue weighted by atomic mass is 10.2. The quantitative estimate of drug-likeness (QED) is 0.302. The van der Waals surface area contributed by atoms with Gasteiger partial charge in [0.2, 0.25) is 0 Å². The summed E-state index contributed by atoms with van der Waals surface area (Å²) >= 11 is 0. The van der Waals surface area contributed by atoms with Gasteiger partial charge in [-0.05, 0) is 43.9 Å². The van der Waals surface area contributed by atoms with Gasteiger partial charge in [-0.15, -0.1) is 24.0 Å². The lowest BCUT2D eigenvalue weighted by Gasteiger charge is -2.21. The number of nitrogens with one attached hydrogen (secondary N) is 2. The molecule has 0 atom stereocenters. The predicted molar refractivity (Wildman–Crippen MR) is 121 cm³/mol. The molecule has 0 heterocycles. The number of amides is 1. The first-order valence-electron chi connectivity index (χ1n) is 9.63. The molecule has 2 rings (SSSR count).